The van der Waals surface area contributed by atoms with E-state index in [1.807, 2.05) is 30.3 Å². The van der Waals surface area contributed by atoms with Crippen LogP contribution in [0.4, 0.5) is 0 Å². The maximum Gasteiger partial charge on any atom is 0.257 e. The lowest BCUT2D eigenvalue weighted by molar-refractivity contribution is 0.0945. The summed E-state index contributed by atoms with van der Waals surface area (Å²) in [5.74, 6) is 0.986. The summed E-state index contributed by atoms with van der Waals surface area (Å²) in [5, 5.41) is 7.13. The summed E-state index contributed by atoms with van der Waals surface area (Å²) in [4.78, 5) is 12.6. The van der Waals surface area contributed by atoms with E-state index < -0.39 is 0 Å². The van der Waals surface area contributed by atoms with E-state index in [9.17, 15) is 4.79 Å². The molecule has 0 saturated carbocycles. The first-order valence-electron chi connectivity index (χ1n) is 8.47. The molecule has 1 amide bonds. The van der Waals surface area contributed by atoms with Crippen LogP contribution in [0, 0.1) is 12.8 Å². The van der Waals surface area contributed by atoms with Crippen molar-refractivity contribution < 1.29 is 9.32 Å². The highest BCUT2D eigenvalue weighted by atomic mass is 16.5. The van der Waals surface area contributed by atoms with Crippen molar-refractivity contribution in [1.82, 2.24) is 10.5 Å². The summed E-state index contributed by atoms with van der Waals surface area (Å²) in [6.07, 6.45) is 4.62. The van der Waals surface area contributed by atoms with Crippen molar-refractivity contribution in [3.63, 3.8) is 0 Å². The lowest BCUT2D eigenvalue weighted by Gasteiger charge is -2.15. The molecule has 1 aromatic carbocycles. The van der Waals surface area contributed by atoms with Gasteiger partial charge in [0.1, 0.15) is 17.0 Å². The van der Waals surface area contributed by atoms with E-state index >= 15 is 0 Å². The molecule has 0 radical (unpaired) electrons. The smallest absolute Gasteiger partial charge is 0.257 e. The Labute approximate surface area is 138 Å². The molecular weight excluding hydrogens is 288 g/mol. The Morgan fingerprint density at radius 3 is 2.65 bits per heavy atom. The average Bonchev–Trinajstić information content (AvgIpc) is 2.97. The van der Waals surface area contributed by atoms with Gasteiger partial charge in [0, 0.05) is 12.1 Å². The fourth-order valence-corrected chi connectivity index (χ4v) is 2.70. The fraction of sp³-hybridized carbons (Fsp3) is 0.474. The van der Waals surface area contributed by atoms with Gasteiger partial charge < -0.3 is 9.84 Å². The Morgan fingerprint density at radius 2 is 2.00 bits per heavy atom. The highest BCUT2D eigenvalue weighted by Crippen LogP contribution is 2.25. The number of carbonyl (C=O) groups is 1. The second kappa shape index (κ2) is 8.51. The van der Waals surface area contributed by atoms with Crippen molar-refractivity contribution in [3.05, 3.63) is 41.7 Å². The molecule has 0 saturated heterocycles. The zero-order valence-corrected chi connectivity index (χ0v) is 14.3. The van der Waals surface area contributed by atoms with Crippen molar-refractivity contribution in [2.75, 3.05) is 6.54 Å². The molecule has 1 heterocycles. The van der Waals surface area contributed by atoms with Crippen molar-refractivity contribution >= 4 is 5.91 Å². The zero-order valence-electron chi connectivity index (χ0n) is 14.3. The van der Waals surface area contributed by atoms with E-state index in [1.165, 1.54) is 12.8 Å². The first kappa shape index (κ1) is 17.3. The number of hydrogen-bond acceptors (Lipinski definition) is 3. The molecule has 4 heteroatoms. The lowest BCUT2D eigenvalue weighted by atomic mass is 9.99. The molecule has 0 aliphatic heterocycles. The maximum absolute atomic E-state index is 12.6. The number of aryl methyl sites for hydroxylation is 1. The number of aromatic nitrogens is 1. The van der Waals surface area contributed by atoms with E-state index in [0.717, 1.165) is 18.4 Å². The number of nitrogens with one attached hydrogen (secondary N) is 1. The van der Waals surface area contributed by atoms with Crippen LogP contribution >= 0.6 is 0 Å². The Bertz CT molecular complexity index is 620. The SMILES string of the molecule is CCCC[C@H](CC)CNC(=O)c1c(-c2ccccc2)noc1C. The van der Waals surface area contributed by atoms with Gasteiger partial charge in [0.05, 0.1) is 0 Å². The van der Waals surface area contributed by atoms with Gasteiger partial charge >= 0.3 is 0 Å². The number of benzene rings is 1. The van der Waals surface area contributed by atoms with Crippen LogP contribution in [-0.4, -0.2) is 17.6 Å². The Kier molecular flexibility index (Phi) is 6.39. The van der Waals surface area contributed by atoms with Gasteiger partial charge in [-0.2, -0.15) is 0 Å². The minimum Gasteiger partial charge on any atom is -0.360 e. The van der Waals surface area contributed by atoms with Gasteiger partial charge in [0.25, 0.3) is 5.91 Å². The molecule has 1 aromatic heterocycles. The van der Waals surface area contributed by atoms with E-state index in [1.54, 1.807) is 6.92 Å². The van der Waals surface area contributed by atoms with E-state index in [4.69, 9.17) is 4.52 Å². The van der Waals surface area contributed by atoms with Crippen LogP contribution in [0.5, 0.6) is 0 Å². The van der Waals surface area contributed by atoms with Crippen molar-refractivity contribution in [2.24, 2.45) is 5.92 Å². The highest BCUT2D eigenvalue weighted by Gasteiger charge is 2.21. The predicted molar refractivity (Wildman–Crippen MR) is 92.3 cm³/mol. The van der Waals surface area contributed by atoms with Gasteiger partial charge in [-0.25, -0.2) is 0 Å². The lowest BCUT2D eigenvalue weighted by Crippen LogP contribution is -2.29. The molecule has 0 fully saturated rings. The van der Waals surface area contributed by atoms with Crippen LogP contribution in [0.2, 0.25) is 0 Å². The molecule has 2 rings (SSSR count). The number of rotatable bonds is 8. The Balaban J connectivity index is 2.09. The number of hydrogen-bond donors (Lipinski definition) is 1. The van der Waals surface area contributed by atoms with Crippen molar-refractivity contribution in [2.45, 2.75) is 46.5 Å². The van der Waals surface area contributed by atoms with Gasteiger partial charge in [-0.05, 0) is 19.3 Å². The third kappa shape index (κ3) is 4.44. The molecule has 0 bridgehead atoms. The molecule has 0 aliphatic rings. The van der Waals surface area contributed by atoms with E-state index in [-0.39, 0.29) is 5.91 Å². The molecule has 4 nitrogen and oxygen atoms in total. The quantitative estimate of drug-likeness (QED) is 0.775. The van der Waals surface area contributed by atoms with Crippen LogP contribution in [0.3, 0.4) is 0 Å². The summed E-state index contributed by atoms with van der Waals surface area (Å²) >= 11 is 0. The molecule has 0 aliphatic carbocycles. The van der Waals surface area contributed by atoms with Crippen molar-refractivity contribution in [1.29, 1.82) is 0 Å². The molecule has 1 N–H and O–H groups in total. The fourth-order valence-electron chi connectivity index (χ4n) is 2.70. The van der Waals surface area contributed by atoms with Gasteiger partial charge in [-0.1, -0.05) is 68.6 Å². The van der Waals surface area contributed by atoms with Crippen molar-refractivity contribution in [3.8, 4) is 11.3 Å². The van der Waals surface area contributed by atoms with Crippen LogP contribution in [-0.2, 0) is 0 Å². The van der Waals surface area contributed by atoms with Gasteiger partial charge in [0.15, 0.2) is 0 Å². The second-order valence-corrected chi connectivity index (χ2v) is 5.95. The van der Waals surface area contributed by atoms with E-state index in [2.05, 4.69) is 24.3 Å². The largest absolute Gasteiger partial charge is 0.360 e. The van der Waals surface area contributed by atoms with Crippen LogP contribution in [0.1, 0.15) is 55.6 Å². The van der Waals surface area contributed by atoms with Gasteiger partial charge in [0.2, 0.25) is 0 Å². The summed E-state index contributed by atoms with van der Waals surface area (Å²) in [5.41, 5.74) is 2.05. The van der Waals surface area contributed by atoms with Crippen LogP contribution < -0.4 is 5.32 Å². The van der Waals surface area contributed by atoms with E-state index in [0.29, 0.717) is 29.5 Å². The standard InChI is InChI=1S/C19H26N2O2/c1-4-6-10-15(5-2)13-20-19(22)17-14(3)23-21-18(17)16-11-8-7-9-12-16/h7-9,11-12,15H,4-6,10,13H2,1-3H3,(H,20,22)/t15-/m0/s1. The summed E-state index contributed by atoms with van der Waals surface area (Å²) in [7, 11) is 0. The van der Waals surface area contributed by atoms with Crippen LogP contribution in [0.25, 0.3) is 11.3 Å². The zero-order chi connectivity index (χ0) is 16.7. The third-order valence-corrected chi connectivity index (χ3v) is 4.23. The minimum atomic E-state index is -0.0995. The average molecular weight is 314 g/mol. The van der Waals surface area contributed by atoms with Gasteiger partial charge in [-0.15, -0.1) is 0 Å². The second-order valence-electron chi connectivity index (χ2n) is 5.95. The number of amides is 1. The molecule has 23 heavy (non-hydrogen) atoms. The molecular formula is C19H26N2O2. The first-order chi connectivity index (χ1) is 11.2. The van der Waals surface area contributed by atoms with Gasteiger partial charge in [-0.3, -0.25) is 4.79 Å². The predicted octanol–water partition coefficient (Wildman–Crippen LogP) is 4.60. The summed E-state index contributed by atoms with van der Waals surface area (Å²) in [6, 6.07) is 9.67. The summed E-state index contributed by atoms with van der Waals surface area (Å²) < 4.78 is 5.26. The molecule has 0 unspecified atom stereocenters. The normalized spacial score (nSPS) is 12.1. The Morgan fingerprint density at radius 1 is 1.26 bits per heavy atom. The first-order valence-corrected chi connectivity index (χ1v) is 8.47. The topological polar surface area (TPSA) is 55.1 Å². The third-order valence-electron chi connectivity index (χ3n) is 4.23. The number of unbranched alkanes of at least 4 members (excludes halogenated alkanes) is 1. The molecule has 124 valence electrons. The molecule has 2 aromatic rings. The minimum absolute atomic E-state index is 0.0995. The monoisotopic (exact) mass is 314 g/mol. The summed E-state index contributed by atoms with van der Waals surface area (Å²) in [6.45, 7) is 6.85. The van der Waals surface area contributed by atoms with Crippen LogP contribution in [0.15, 0.2) is 34.9 Å². The molecule has 1 atom stereocenters. The number of nitrogens with zero attached hydrogens (tertiary/aromatic N) is 1. The highest BCUT2D eigenvalue weighted by molar-refractivity contribution is 6.00. The Hall–Kier alpha value is -2.10. The molecule has 0 spiro atoms. The number of carbonyl (C=O) groups excluding carboxylic acids is 1. The maximum atomic E-state index is 12.6.